The van der Waals surface area contributed by atoms with Gasteiger partial charge in [0.15, 0.2) is 5.16 Å². The van der Waals surface area contributed by atoms with E-state index >= 15 is 0 Å². The van der Waals surface area contributed by atoms with Crippen LogP contribution < -0.4 is 0 Å². The molecule has 2 atom stereocenters. The van der Waals surface area contributed by atoms with Crippen LogP contribution >= 0.6 is 11.8 Å². The van der Waals surface area contributed by atoms with Crippen LogP contribution in [0.3, 0.4) is 0 Å². The average molecular weight is 431 g/mol. The van der Waals surface area contributed by atoms with E-state index in [9.17, 15) is 9.59 Å². The Kier molecular flexibility index (Phi) is 6.63. The molecular weight excluding hydrogens is 400 g/mol. The largest absolute Gasteiger partial charge is 0.378 e. The lowest BCUT2D eigenvalue weighted by atomic mass is 9.92. The molecule has 0 aliphatic carbocycles. The van der Waals surface area contributed by atoms with Gasteiger partial charge in [0, 0.05) is 26.2 Å². The Hall–Kier alpha value is -2.06. The first-order valence-electron chi connectivity index (χ1n) is 10.7. The van der Waals surface area contributed by atoms with Crippen molar-refractivity contribution in [3.05, 3.63) is 24.3 Å². The molecule has 0 spiro atoms. The second kappa shape index (κ2) is 9.39. The van der Waals surface area contributed by atoms with E-state index in [1.54, 1.807) is 0 Å². The van der Waals surface area contributed by atoms with Crippen molar-refractivity contribution in [3.63, 3.8) is 0 Å². The molecule has 2 unspecified atom stereocenters. The van der Waals surface area contributed by atoms with Gasteiger partial charge in [-0.3, -0.25) is 9.59 Å². The summed E-state index contributed by atoms with van der Waals surface area (Å²) in [6.45, 7) is 8.72. The number of likely N-dealkylation sites (tertiary alicyclic amines) is 1. The Morgan fingerprint density at radius 3 is 2.50 bits per heavy atom. The lowest BCUT2D eigenvalue weighted by Gasteiger charge is -2.35. The van der Waals surface area contributed by atoms with E-state index in [1.165, 1.54) is 18.2 Å². The van der Waals surface area contributed by atoms with Crippen molar-refractivity contribution in [2.75, 3.05) is 45.1 Å². The molecule has 2 aliphatic heterocycles. The van der Waals surface area contributed by atoms with Crippen molar-refractivity contribution in [1.82, 2.24) is 19.4 Å². The number of aromatic nitrogens is 2. The summed E-state index contributed by atoms with van der Waals surface area (Å²) in [6.07, 6.45) is 1.18. The van der Waals surface area contributed by atoms with Crippen molar-refractivity contribution < 1.29 is 14.3 Å². The second-order valence-corrected chi connectivity index (χ2v) is 9.44. The molecule has 0 N–H and O–H groups in total. The molecular formula is C22H30N4O3S. The third-order valence-electron chi connectivity index (χ3n) is 5.82. The van der Waals surface area contributed by atoms with E-state index in [1.807, 2.05) is 38.6 Å². The van der Waals surface area contributed by atoms with Gasteiger partial charge in [0.05, 0.1) is 30.0 Å². The highest BCUT2D eigenvalue weighted by Gasteiger charge is 2.26. The number of ether oxygens (including phenoxy) is 1. The van der Waals surface area contributed by atoms with E-state index < -0.39 is 0 Å². The van der Waals surface area contributed by atoms with Crippen LogP contribution in [0.1, 0.15) is 20.3 Å². The number of amides is 2. The molecule has 2 saturated heterocycles. The van der Waals surface area contributed by atoms with Crippen molar-refractivity contribution in [1.29, 1.82) is 0 Å². The maximum absolute atomic E-state index is 12.9. The van der Waals surface area contributed by atoms with Crippen molar-refractivity contribution in [3.8, 4) is 0 Å². The SMILES string of the molecule is CC1CC(C)CN(C(=O)CSc2nc3ccccc3n2CC(=O)N2CCOCC2)C1. The monoisotopic (exact) mass is 430 g/mol. The Balaban J connectivity index is 1.48. The number of carbonyl (C=O) groups is 2. The Morgan fingerprint density at radius 1 is 1.07 bits per heavy atom. The normalized spacial score (nSPS) is 22.5. The molecule has 1 aromatic carbocycles. The number of piperidine rings is 1. The smallest absolute Gasteiger partial charge is 0.242 e. The molecule has 0 bridgehead atoms. The van der Waals surface area contributed by atoms with Crippen LogP contribution in [0.4, 0.5) is 0 Å². The topological polar surface area (TPSA) is 67.7 Å². The summed E-state index contributed by atoms with van der Waals surface area (Å²) >= 11 is 1.43. The van der Waals surface area contributed by atoms with Crippen LogP contribution in [0.5, 0.6) is 0 Å². The predicted molar refractivity (Wildman–Crippen MR) is 117 cm³/mol. The van der Waals surface area contributed by atoms with Gasteiger partial charge in [0.25, 0.3) is 0 Å². The third kappa shape index (κ3) is 4.81. The lowest BCUT2D eigenvalue weighted by molar-refractivity contribution is -0.136. The molecule has 4 rings (SSSR count). The summed E-state index contributed by atoms with van der Waals surface area (Å²) in [6, 6.07) is 7.83. The minimum absolute atomic E-state index is 0.0632. The Bertz CT molecular complexity index is 899. The molecule has 8 heteroatoms. The van der Waals surface area contributed by atoms with Gasteiger partial charge in [0.1, 0.15) is 6.54 Å². The average Bonchev–Trinajstić information content (AvgIpc) is 3.09. The number of benzene rings is 1. The van der Waals surface area contributed by atoms with Crippen LogP contribution in [-0.4, -0.2) is 76.3 Å². The van der Waals surface area contributed by atoms with E-state index in [-0.39, 0.29) is 18.4 Å². The first kappa shape index (κ1) is 21.2. The fraction of sp³-hybridized carbons (Fsp3) is 0.591. The molecule has 2 amide bonds. The number of hydrogen-bond acceptors (Lipinski definition) is 5. The molecule has 1 aromatic heterocycles. The summed E-state index contributed by atoms with van der Waals surface area (Å²) < 4.78 is 7.31. The molecule has 162 valence electrons. The number of fused-ring (bicyclic) bond motifs is 1. The molecule has 0 radical (unpaired) electrons. The zero-order valence-electron chi connectivity index (χ0n) is 17.7. The first-order valence-corrected chi connectivity index (χ1v) is 11.7. The van der Waals surface area contributed by atoms with Crippen LogP contribution in [0.15, 0.2) is 29.4 Å². The van der Waals surface area contributed by atoms with E-state index in [4.69, 9.17) is 9.72 Å². The fourth-order valence-electron chi connectivity index (χ4n) is 4.45. The number of nitrogens with zero attached hydrogens (tertiary/aromatic N) is 4. The van der Waals surface area contributed by atoms with Crippen LogP contribution in [0, 0.1) is 11.8 Å². The summed E-state index contributed by atoms with van der Waals surface area (Å²) in [5.74, 6) is 1.63. The van der Waals surface area contributed by atoms with Gasteiger partial charge in [0.2, 0.25) is 11.8 Å². The van der Waals surface area contributed by atoms with Gasteiger partial charge in [-0.05, 0) is 30.4 Å². The lowest BCUT2D eigenvalue weighted by Crippen LogP contribution is -2.43. The van der Waals surface area contributed by atoms with Gasteiger partial charge < -0.3 is 19.1 Å². The Labute approximate surface area is 181 Å². The standard InChI is InChI=1S/C22H30N4O3S/c1-16-11-17(2)13-25(12-16)21(28)15-30-22-23-18-5-3-4-6-19(18)26(22)14-20(27)24-7-9-29-10-8-24/h3-6,16-17H,7-15H2,1-2H3. The Morgan fingerprint density at radius 2 is 1.77 bits per heavy atom. The van der Waals surface area contributed by atoms with Gasteiger partial charge in [-0.2, -0.15) is 0 Å². The zero-order chi connectivity index (χ0) is 21.1. The van der Waals surface area contributed by atoms with Gasteiger partial charge >= 0.3 is 0 Å². The van der Waals surface area contributed by atoms with E-state index in [2.05, 4.69) is 13.8 Å². The molecule has 0 saturated carbocycles. The fourth-order valence-corrected chi connectivity index (χ4v) is 5.37. The third-order valence-corrected chi connectivity index (χ3v) is 6.78. The minimum Gasteiger partial charge on any atom is -0.378 e. The predicted octanol–water partition coefficient (Wildman–Crippen LogP) is 2.49. The molecule has 2 aliphatic rings. The van der Waals surface area contributed by atoms with Gasteiger partial charge in [-0.15, -0.1) is 0 Å². The van der Waals surface area contributed by atoms with Crippen LogP contribution in [0.2, 0.25) is 0 Å². The highest BCUT2D eigenvalue weighted by atomic mass is 32.2. The number of para-hydroxylation sites is 2. The highest BCUT2D eigenvalue weighted by molar-refractivity contribution is 7.99. The molecule has 2 fully saturated rings. The van der Waals surface area contributed by atoms with Crippen LogP contribution in [-0.2, 0) is 20.9 Å². The number of thioether (sulfide) groups is 1. The maximum atomic E-state index is 12.9. The number of morpholine rings is 1. The van der Waals surface area contributed by atoms with Crippen LogP contribution in [0.25, 0.3) is 11.0 Å². The first-order chi connectivity index (χ1) is 14.5. The molecule has 3 heterocycles. The summed E-state index contributed by atoms with van der Waals surface area (Å²) in [5, 5.41) is 0.726. The summed E-state index contributed by atoms with van der Waals surface area (Å²) in [7, 11) is 0. The highest BCUT2D eigenvalue weighted by Crippen LogP contribution is 2.26. The van der Waals surface area contributed by atoms with Crippen molar-refractivity contribution >= 4 is 34.6 Å². The number of carbonyl (C=O) groups excluding carboxylic acids is 2. The van der Waals surface area contributed by atoms with Crippen molar-refractivity contribution in [2.24, 2.45) is 11.8 Å². The summed E-state index contributed by atoms with van der Waals surface area (Å²) in [5.41, 5.74) is 1.77. The summed E-state index contributed by atoms with van der Waals surface area (Å²) in [4.78, 5) is 34.2. The minimum atomic E-state index is 0.0632. The second-order valence-electron chi connectivity index (χ2n) is 8.50. The molecule has 2 aromatic rings. The quantitative estimate of drug-likeness (QED) is 0.682. The van der Waals surface area contributed by atoms with Gasteiger partial charge in [-0.1, -0.05) is 37.7 Å². The number of rotatable bonds is 5. The number of imidazole rings is 1. The molecule has 7 nitrogen and oxygen atoms in total. The van der Waals surface area contributed by atoms with E-state index in [0.29, 0.717) is 43.9 Å². The maximum Gasteiger partial charge on any atom is 0.242 e. The molecule has 30 heavy (non-hydrogen) atoms. The zero-order valence-corrected chi connectivity index (χ0v) is 18.6. The van der Waals surface area contributed by atoms with Gasteiger partial charge in [-0.25, -0.2) is 4.98 Å². The van der Waals surface area contributed by atoms with Crippen molar-refractivity contribution in [2.45, 2.75) is 32.0 Å². The number of hydrogen-bond donors (Lipinski definition) is 0. The van der Waals surface area contributed by atoms with E-state index in [0.717, 1.165) is 29.3 Å².